The van der Waals surface area contributed by atoms with Gasteiger partial charge in [0, 0.05) is 28.7 Å². The summed E-state index contributed by atoms with van der Waals surface area (Å²) in [4.78, 5) is 2.51. The van der Waals surface area contributed by atoms with Gasteiger partial charge in [-0.25, -0.2) is 0 Å². The summed E-state index contributed by atoms with van der Waals surface area (Å²) >= 11 is 3.54. The number of nitrogens with one attached hydrogen (secondary N) is 1. The molecule has 1 fully saturated rings. The third-order valence-electron chi connectivity index (χ3n) is 4.77. The standard InChI is InChI=1S/C17H25BrN2O/c1-20-9-3-2-5-14(20)12-19-16-6-4-10-21-17-11-13(18)7-8-15(16)17/h7-8,11,14,16,19H,2-6,9-10,12H2,1H3. The second-order valence-corrected chi connectivity index (χ2v) is 7.18. The van der Waals surface area contributed by atoms with Crippen molar-refractivity contribution in [2.75, 3.05) is 26.7 Å². The number of halogens is 1. The number of rotatable bonds is 3. The first kappa shape index (κ1) is 15.3. The number of ether oxygens (including phenoxy) is 1. The monoisotopic (exact) mass is 352 g/mol. The van der Waals surface area contributed by atoms with Crippen LogP contribution in [0.25, 0.3) is 0 Å². The summed E-state index contributed by atoms with van der Waals surface area (Å²) in [7, 11) is 2.26. The van der Waals surface area contributed by atoms with Gasteiger partial charge >= 0.3 is 0 Å². The molecule has 2 aliphatic rings. The molecule has 0 saturated carbocycles. The van der Waals surface area contributed by atoms with E-state index < -0.39 is 0 Å². The highest BCUT2D eigenvalue weighted by atomic mass is 79.9. The summed E-state index contributed by atoms with van der Waals surface area (Å²) in [5.74, 6) is 1.04. The first-order chi connectivity index (χ1) is 10.2. The van der Waals surface area contributed by atoms with Gasteiger partial charge in [0.15, 0.2) is 0 Å². The molecule has 0 spiro atoms. The van der Waals surface area contributed by atoms with Gasteiger partial charge in [-0.1, -0.05) is 28.4 Å². The van der Waals surface area contributed by atoms with Crippen LogP contribution in [0.3, 0.4) is 0 Å². The summed E-state index contributed by atoms with van der Waals surface area (Å²) in [6.07, 6.45) is 6.31. The van der Waals surface area contributed by atoms with Crippen LogP contribution in [0.5, 0.6) is 5.75 Å². The normalized spacial score (nSPS) is 26.8. The molecule has 1 aromatic carbocycles. The van der Waals surface area contributed by atoms with Crippen molar-refractivity contribution in [1.29, 1.82) is 0 Å². The first-order valence-electron chi connectivity index (χ1n) is 8.10. The van der Waals surface area contributed by atoms with Crippen LogP contribution in [0.2, 0.25) is 0 Å². The fourth-order valence-corrected chi connectivity index (χ4v) is 3.78. The fourth-order valence-electron chi connectivity index (χ4n) is 3.44. The van der Waals surface area contributed by atoms with Crippen molar-refractivity contribution in [3.05, 3.63) is 28.2 Å². The molecule has 4 heteroatoms. The number of hydrogen-bond donors (Lipinski definition) is 1. The molecule has 1 N–H and O–H groups in total. The molecule has 3 rings (SSSR count). The molecule has 0 amide bonds. The molecule has 116 valence electrons. The number of likely N-dealkylation sites (tertiary alicyclic amines) is 1. The van der Waals surface area contributed by atoms with E-state index >= 15 is 0 Å². The number of hydrogen-bond acceptors (Lipinski definition) is 3. The van der Waals surface area contributed by atoms with Crippen molar-refractivity contribution in [2.24, 2.45) is 0 Å². The fraction of sp³-hybridized carbons (Fsp3) is 0.647. The Morgan fingerprint density at radius 3 is 3.05 bits per heavy atom. The largest absolute Gasteiger partial charge is 0.493 e. The Hall–Kier alpha value is -0.580. The van der Waals surface area contributed by atoms with E-state index in [1.54, 1.807) is 0 Å². The minimum Gasteiger partial charge on any atom is -0.493 e. The Morgan fingerprint density at radius 2 is 2.19 bits per heavy atom. The quantitative estimate of drug-likeness (QED) is 0.896. The van der Waals surface area contributed by atoms with Crippen molar-refractivity contribution in [2.45, 2.75) is 44.2 Å². The minimum atomic E-state index is 0.422. The molecule has 0 radical (unpaired) electrons. The minimum absolute atomic E-state index is 0.422. The van der Waals surface area contributed by atoms with Gasteiger partial charge in [0.2, 0.25) is 0 Å². The smallest absolute Gasteiger partial charge is 0.125 e. The Balaban J connectivity index is 1.67. The maximum Gasteiger partial charge on any atom is 0.125 e. The van der Waals surface area contributed by atoms with E-state index in [9.17, 15) is 0 Å². The van der Waals surface area contributed by atoms with Crippen molar-refractivity contribution in [3.63, 3.8) is 0 Å². The molecule has 3 nitrogen and oxygen atoms in total. The Bertz CT molecular complexity index is 480. The second-order valence-electron chi connectivity index (χ2n) is 6.26. The van der Waals surface area contributed by atoms with E-state index in [-0.39, 0.29) is 0 Å². The number of piperidine rings is 1. The third kappa shape index (κ3) is 3.79. The van der Waals surface area contributed by atoms with E-state index in [0.717, 1.165) is 36.2 Å². The zero-order valence-corrected chi connectivity index (χ0v) is 14.4. The zero-order chi connectivity index (χ0) is 14.7. The summed E-state index contributed by atoms with van der Waals surface area (Å²) in [6, 6.07) is 7.53. The molecule has 2 heterocycles. The lowest BCUT2D eigenvalue weighted by Gasteiger charge is -2.34. The van der Waals surface area contributed by atoms with Gasteiger partial charge in [0.1, 0.15) is 5.75 Å². The van der Waals surface area contributed by atoms with Crippen LogP contribution in [0.4, 0.5) is 0 Å². The highest BCUT2D eigenvalue weighted by molar-refractivity contribution is 9.10. The van der Waals surface area contributed by atoms with E-state index in [1.807, 2.05) is 0 Å². The predicted molar refractivity (Wildman–Crippen MR) is 89.9 cm³/mol. The molecular formula is C17H25BrN2O. The van der Waals surface area contributed by atoms with Crippen LogP contribution in [-0.4, -0.2) is 37.7 Å². The van der Waals surface area contributed by atoms with Gasteiger partial charge in [-0.05, 0) is 51.4 Å². The maximum atomic E-state index is 5.89. The van der Waals surface area contributed by atoms with E-state index in [2.05, 4.69) is 51.4 Å². The molecule has 2 atom stereocenters. The van der Waals surface area contributed by atoms with Gasteiger partial charge in [-0.2, -0.15) is 0 Å². The lowest BCUT2D eigenvalue weighted by atomic mass is 9.99. The van der Waals surface area contributed by atoms with Crippen molar-refractivity contribution in [3.8, 4) is 5.75 Å². The molecule has 0 aromatic heterocycles. The van der Waals surface area contributed by atoms with Crippen LogP contribution < -0.4 is 10.1 Å². The summed E-state index contributed by atoms with van der Waals surface area (Å²) < 4.78 is 6.98. The summed E-state index contributed by atoms with van der Waals surface area (Å²) in [5.41, 5.74) is 1.31. The third-order valence-corrected chi connectivity index (χ3v) is 5.26. The average Bonchev–Trinajstić information content (AvgIpc) is 2.68. The molecule has 0 aliphatic carbocycles. The van der Waals surface area contributed by atoms with Crippen LogP contribution in [0, 0.1) is 0 Å². The van der Waals surface area contributed by atoms with Gasteiger partial charge in [-0.3, -0.25) is 0 Å². The van der Waals surface area contributed by atoms with Crippen molar-refractivity contribution in [1.82, 2.24) is 10.2 Å². The van der Waals surface area contributed by atoms with Gasteiger partial charge in [-0.15, -0.1) is 0 Å². The Labute approximate surface area is 136 Å². The van der Waals surface area contributed by atoms with E-state index in [0.29, 0.717) is 12.1 Å². The molecule has 1 aromatic rings. The predicted octanol–water partition coefficient (Wildman–Crippen LogP) is 3.74. The van der Waals surface area contributed by atoms with E-state index in [1.165, 1.54) is 31.4 Å². The first-order valence-corrected chi connectivity index (χ1v) is 8.89. The molecule has 0 bridgehead atoms. The SMILES string of the molecule is CN1CCCCC1CNC1CCCOc2cc(Br)ccc21. The number of likely N-dealkylation sites (N-methyl/N-ethyl adjacent to an activating group) is 1. The van der Waals surface area contributed by atoms with Crippen molar-refractivity contribution < 1.29 is 4.74 Å². The van der Waals surface area contributed by atoms with Crippen LogP contribution in [0.1, 0.15) is 43.7 Å². The summed E-state index contributed by atoms with van der Waals surface area (Å²) in [5, 5.41) is 3.80. The number of benzene rings is 1. The zero-order valence-electron chi connectivity index (χ0n) is 12.8. The van der Waals surface area contributed by atoms with E-state index in [4.69, 9.17) is 4.74 Å². The molecule has 21 heavy (non-hydrogen) atoms. The number of nitrogens with zero attached hydrogens (tertiary/aromatic N) is 1. The Morgan fingerprint density at radius 1 is 1.29 bits per heavy atom. The topological polar surface area (TPSA) is 24.5 Å². The Kier molecular flexibility index (Phi) is 5.19. The lowest BCUT2D eigenvalue weighted by Crippen LogP contribution is -2.43. The molecule has 1 saturated heterocycles. The molecular weight excluding hydrogens is 328 g/mol. The van der Waals surface area contributed by atoms with Gasteiger partial charge < -0.3 is 15.0 Å². The summed E-state index contributed by atoms with van der Waals surface area (Å²) in [6.45, 7) is 3.14. The highest BCUT2D eigenvalue weighted by Crippen LogP contribution is 2.33. The van der Waals surface area contributed by atoms with Gasteiger partial charge in [0.25, 0.3) is 0 Å². The van der Waals surface area contributed by atoms with Crippen LogP contribution >= 0.6 is 15.9 Å². The van der Waals surface area contributed by atoms with Crippen LogP contribution in [0.15, 0.2) is 22.7 Å². The lowest BCUT2D eigenvalue weighted by molar-refractivity contribution is 0.177. The maximum absolute atomic E-state index is 5.89. The van der Waals surface area contributed by atoms with Crippen LogP contribution in [-0.2, 0) is 0 Å². The molecule has 2 aliphatic heterocycles. The average molecular weight is 353 g/mol. The number of fused-ring (bicyclic) bond motifs is 1. The highest BCUT2D eigenvalue weighted by Gasteiger charge is 2.23. The molecule has 2 unspecified atom stereocenters. The second kappa shape index (κ2) is 7.12. The van der Waals surface area contributed by atoms with Crippen molar-refractivity contribution >= 4 is 15.9 Å². The van der Waals surface area contributed by atoms with Gasteiger partial charge in [0.05, 0.1) is 6.61 Å².